The molecule has 0 saturated carbocycles. The van der Waals surface area contributed by atoms with Crippen LogP contribution in [0.4, 0.5) is 75.9 Å². The van der Waals surface area contributed by atoms with Gasteiger partial charge in [0.2, 0.25) is 0 Å². The van der Waals surface area contributed by atoms with Crippen molar-refractivity contribution in [2.24, 2.45) is 0 Å². The fourth-order valence-electron chi connectivity index (χ4n) is 2.56. The summed E-state index contributed by atoms with van der Waals surface area (Å²) in [7, 11) is 0. The summed E-state index contributed by atoms with van der Waals surface area (Å²) in [6.07, 6.45) is -14.3. The Morgan fingerprint density at radius 2 is 1.06 bits per heavy atom. The van der Waals surface area contributed by atoms with Gasteiger partial charge in [-0.2, -0.15) is 70.2 Å². The molecule has 1 aromatic carbocycles. The molecule has 0 atom stereocenters. The van der Waals surface area contributed by atoms with Crippen LogP contribution < -0.4 is 5.32 Å². The average molecular weight is 561 g/mol. The van der Waals surface area contributed by atoms with Crippen molar-refractivity contribution in [2.75, 3.05) is 5.32 Å². The summed E-state index contributed by atoms with van der Waals surface area (Å²) < 4.78 is 207. The first-order valence-corrected chi connectivity index (χ1v) is 8.79. The van der Waals surface area contributed by atoms with Crippen molar-refractivity contribution in [1.29, 1.82) is 0 Å². The van der Waals surface area contributed by atoms with Crippen LogP contribution >= 0.6 is 0 Å². The van der Waals surface area contributed by atoms with E-state index in [0.29, 0.717) is 12.1 Å². The minimum atomic E-state index is -8.04. The molecule has 0 heterocycles. The highest BCUT2D eigenvalue weighted by Crippen LogP contribution is 2.60. The molecule has 206 valence electrons. The first-order valence-electron chi connectivity index (χ1n) is 8.79. The lowest BCUT2D eigenvalue weighted by molar-refractivity contribution is -0.436. The van der Waals surface area contributed by atoms with Gasteiger partial charge in [-0.3, -0.25) is 4.79 Å². The van der Waals surface area contributed by atoms with Crippen LogP contribution in [0.5, 0.6) is 0 Å². The highest BCUT2D eigenvalue weighted by Gasteiger charge is 2.90. The third-order valence-electron chi connectivity index (χ3n) is 4.49. The van der Waals surface area contributed by atoms with E-state index in [1.807, 2.05) is 0 Å². The Hall–Kier alpha value is -2.69. The molecular weight excluding hydrogens is 550 g/mol. The van der Waals surface area contributed by atoms with Crippen LogP contribution in [0.15, 0.2) is 18.2 Å². The summed E-state index contributed by atoms with van der Waals surface area (Å²) in [5, 5.41) is 1.40. The van der Waals surface area contributed by atoms with E-state index < -0.39 is 65.2 Å². The van der Waals surface area contributed by atoms with Gasteiger partial charge in [-0.1, -0.05) is 6.08 Å². The molecule has 0 aromatic heterocycles. The van der Waals surface area contributed by atoms with Gasteiger partial charge >= 0.3 is 47.9 Å². The monoisotopic (exact) mass is 561 g/mol. The maximum absolute atomic E-state index is 13.8. The third-order valence-corrected chi connectivity index (χ3v) is 4.49. The molecule has 18 heteroatoms. The van der Waals surface area contributed by atoms with E-state index in [0.717, 1.165) is 13.8 Å². The average Bonchev–Trinajstić information content (AvgIpc) is 2.66. The van der Waals surface area contributed by atoms with E-state index in [-0.39, 0.29) is 17.2 Å². The predicted octanol–water partition coefficient (Wildman–Crippen LogP) is 7.56. The quantitative estimate of drug-likeness (QED) is 0.343. The fourth-order valence-corrected chi connectivity index (χ4v) is 2.56. The molecule has 0 aliphatic heterocycles. The number of carbonyl (C=O) groups excluding carboxylic acids is 1. The van der Waals surface area contributed by atoms with Gasteiger partial charge in [-0.05, 0) is 48.7 Å². The van der Waals surface area contributed by atoms with Crippen molar-refractivity contribution in [3.8, 4) is 0 Å². The number of benzene rings is 1. The number of hydrogen-bond acceptors (Lipinski definition) is 1. The number of rotatable bonds is 7. The second-order valence-corrected chi connectivity index (χ2v) is 7.23. The van der Waals surface area contributed by atoms with E-state index in [2.05, 4.69) is 0 Å². The van der Waals surface area contributed by atoms with Crippen LogP contribution in [0, 0.1) is 13.8 Å². The third kappa shape index (κ3) is 5.21. The number of aryl methyl sites for hydroxylation is 2. The van der Waals surface area contributed by atoms with Crippen LogP contribution in [0.3, 0.4) is 0 Å². The number of carbonyl (C=O) groups is 1. The standard InChI is InChI=1S/C18H11F16NO/c1-7-5-9(6-8(2)10(7)35-11(36)13(21,22)23)3-4-12(19,20)14(24,25)15(26,27)16(28,29)17(30,31)18(32,33)34/h3-6H,1-2H3,(H,35,36). The van der Waals surface area contributed by atoms with Gasteiger partial charge in [0, 0.05) is 5.69 Å². The molecule has 1 rings (SSSR count). The van der Waals surface area contributed by atoms with Gasteiger partial charge in [0.15, 0.2) is 0 Å². The molecule has 0 bridgehead atoms. The minimum Gasteiger partial charge on any atom is -0.318 e. The van der Waals surface area contributed by atoms with Crippen molar-refractivity contribution < 1.29 is 75.0 Å². The van der Waals surface area contributed by atoms with Crippen LogP contribution in [-0.4, -0.2) is 47.9 Å². The highest BCUT2D eigenvalue weighted by atomic mass is 19.4. The normalized spacial score (nSPS) is 14.9. The molecule has 1 aromatic rings. The van der Waals surface area contributed by atoms with Crippen LogP contribution in [0.2, 0.25) is 0 Å². The summed E-state index contributed by atoms with van der Waals surface area (Å²) in [5.74, 6) is -40.3. The Bertz CT molecular complexity index is 996. The van der Waals surface area contributed by atoms with Gasteiger partial charge in [0.1, 0.15) is 0 Å². The summed E-state index contributed by atoms with van der Waals surface area (Å²) in [6, 6.07) is 1.27. The summed E-state index contributed by atoms with van der Waals surface area (Å²) in [6.45, 7) is 1.94. The zero-order chi connectivity index (χ0) is 28.9. The molecule has 0 saturated heterocycles. The second kappa shape index (κ2) is 9.00. The van der Waals surface area contributed by atoms with E-state index in [1.165, 1.54) is 5.32 Å². The molecule has 0 fully saturated rings. The molecule has 36 heavy (non-hydrogen) atoms. The summed E-state index contributed by atoms with van der Waals surface area (Å²) >= 11 is 0. The van der Waals surface area contributed by atoms with Crippen LogP contribution in [0.1, 0.15) is 16.7 Å². The number of hydrogen-bond donors (Lipinski definition) is 1. The minimum absolute atomic E-state index is 0.167. The van der Waals surface area contributed by atoms with E-state index in [9.17, 15) is 75.0 Å². The number of alkyl halides is 16. The van der Waals surface area contributed by atoms with Crippen LogP contribution in [0.25, 0.3) is 6.08 Å². The molecule has 0 radical (unpaired) electrons. The first-order chi connectivity index (χ1) is 15.6. The lowest BCUT2D eigenvalue weighted by Gasteiger charge is -2.39. The maximum atomic E-state index is 13.8. The Labute approximate surface area is 189 Å². The SMILES string of the molecule is Cc1cc(C=CC(F)(F)C(F)(F)C(F)(F)C(F)(F)C(F)(F)C(F)(F)F)cc(C)c1NC(=O)C(F)(F)F. The van der Waals surface area contributed by atoms with Gasteiger partial charge in [-0.15, -0.1) is 0 Å². The molecule has 1 amide bonds. The molecule has 2 nitrogen and oxygen atoms in total. The Kier molecular flexibility index (Phi) is 7.84. The van der Waals surface area contributed by atoms with Gasteiger partial charge in [0.05, 0.1) is 0 Å². The summed E-state index contributed by atoms with van der Waals surface area (Å²) in [4.78, 5) is 11.0. The fraction of sp³-hybridized carbons (Fsp3) is 0.500. The van der Waals surface area contributed by atoms with E-state index in [1.54, 1.807) is 0 Å². The number of nitrogens with one attached hydrogen (secondary N) is 1. The molecule has 0 unspecified atom stereocenters. The number of allylic oxidation sites excluding steroid dienone is 1. The van der Waals surface area contributed by atoms with Crippen molar-refractivity contribution in [2.45, 2.75) is 55.8 Å². The topological polar surface area (TPSA) is 29.1 Å². The maximum Gasteiger partial charge on any atom is 0.471 e. The van der Waals surface area contributed by atoms with Crippen molar-refractivity contribution in [3.05, 3.63) is 34.9 Å². The van der Waals surface area contributed by atoms with Crippen molar-refractivity contribution in [3.63, 3.8) is 0 Å². The number of halogens is 16. The van der Waals surface area contributed by atoms with E-state index >= 15 is 0 Å². The van der Waals surface area contributed by atoms with E-state index in [4.69, 9.17) is 0 Å². The zero-order valence-corrected chi connectivity index (χ0v) is 17.3. The highest BCUT2D eigenvalue weighted by molar-refractivity contribution is 5.96. The van der Waals surface area contributed by atoms with Gasteiger partial charge in [0.25, 0.3) is 0 Å². The number of anilines is 1. The van der Waals surface area contributed by atoms with Gasteiger partial charge < -0.3 is 5.32 Å². The van der Waals surface area contributed by atoms with Crippen molar-refractivity contribution >= 4 is 17.7 Å². The first kappa shape index (κ1) is 31.3. The lowest BCUT2D eigenvalue weighted by Crippen LogP contribution is -2.69. The molecular formula is C18H11F16NO. The molecule has 0 aliphatic carbocycles. The predicted molar refractivity (Wildman–Crippen MR) is 90.4 cm³/mol. The Morgan fingerprint density at radius 1 is 0.667 bits per heavy atom. The lowest BCUT2D eigenvalue weighted by atomic mass is 9.93. The Balaban J connectivity index is 3.42. The van der Waals surface area contributed by atoms with Crippen LogP contribution in [-0.2, 0) is 4.79 Å². The molecule has 0 spiro atoms. The molecule has 1 N–H and O–H groups in total. The second-order valence-electron chi connectivity index (χ2n) is 7.23. The summed E-state index contributed by atoms with van der Waals surface area (Å²) in [5.41, 5.74) is -1.87. The largest absolute Gasteiger partial charge is 0.471 e. The zero-order valence-electron chi connectivity index (χ0n) is 17.3. The van der Waals surface area contributed by atoms with Gasteiger partial charge in [-0.25, -0.2) is 0 Å². The smallest absolute Gasteiger partial charge is 0.318 e. The van der Waals surface area contributed by atoms with Crippen molar-refractivity contribution in [1.82, 2.24) is 0 Å². The number of amides is 1. The Morgan fingerprint density at radius 3 is 1.42 bits per heavy atom. The molecule has 0 aliphatic rings.